The van der Waals surface area contributed by atoms with Crippen LogP contribution in [0.5, 0.6) is 0 Å². The largest absolute Gasteiger partial charge is 0.481 e. The normalized spacial score (nSPS) is 19.9. The van der Waals surface area contributed by atoms with Crippen molar-refractivity contribution in [2.45, 2.75) is 6.04 Å². The summed E-state index contributed by atoms with van der Waals surface area (Å²) in [6.45, 7) is 0.139. The van der Waals surface area contributed by atoms with Gasteiger partial charge in [0.15, 0.2) is 0 Å². The molecule has 0 bridgehead atoms. The van der Waals surface area contributed by atoms with E-state index in [2.05, 4.69) is 0 Å². The number of carboxylic acids is 1. The molecule has 1 heterocycles. The minimum atomic E-state index is -1.12. The van der Waals surface area contributed by atoms with Crippen LogP contribution in [0.4, 0.5) is 4.39 Å². The molecule has 1 saturated heterocycles. The van der Waals surface area contributed by atoms with E-state index < -0.39 is 23.2 Å². The smallest absolute Gasteiger partial charge is 0.316 e. The molecular weight excluding hydrogens is 213 g/mol. The van der Waals surface area contributed by atoms with E-state index >= 15 is 0 Å². The third kappa shape index (κ3) is 1.58. The summed E-state index contributed by atoms with van der Waals surface area (Å²) in [6.07, 6.45) is 0. The molecule has 1 aromatic carbocycles. The van der Waals surface area contributed by atoms with Gasteiger partial charge < -0.3 is 15.6 Å². The summed E-state index contributed by atoms with van der Waals surface area (Å²) >= 11 is 0. The molecule has 0 spiro atoms. The third-order valence-electron chi connectivity index (χ3n) is 2.95. The first-order chi connectivity index (χ1) is 7.56. The van der Waals surface area contributed by atoms with Gasteiger partial charge in [-0.15, -0.1) is 0 Å². The van der Waals surface area contributed by atoms with Crippen molar-refractivity contribution in [3.63, 3.8) is 0 Å². The predicted molar refractivity (Wildman–Crippen MR) is 54.2 cm³/mol. The first-order valence-electron chi connectivity index (χ1n) is 4.88. The predicted octanol–water partition coefficient (Wildman–Crippen LogP) is 0.927. The van der Waals surface area contributed by atoms with Gasteiger partial charge in [0.1, 0.15) is 11.2 Å². The van der Waals surface area contributed by atoms with Crippen LogP contribution in [0.15, 0.2) is 24.3 Å². The fourth-order valence-corrected chi connectivity index (χ4v) is 1.78. The molecule has 1 unspecified atom stereocenters. The molecular formula is C11H12FNO3. The van der Waals surface area contributed by atoms with Crippen LogP contribution in [-0.4, -0.2) is 24.3 Å². The summed E-state index contributed by atoms with van der Waals surface area (Å²) in [5.74, 6) is -1.43. The molecule has 2 rings (SSSR count). The van der Waals surface area contributed by atoms with E-state index in [1.54, 1.807) is 6.07 Å². The van der Waals surface area contributed by atoms with Gasteiger partial charge in [0.25, 0.3) is 0 Å². The molecule has 0 saturated carbocycles. The van der Waals surface area contributed by atoms with E-state index in [1.807, 2.05) is 0 Å². The molecule has 0 radical (unpaired) electrons. The molecule has 4 nitrogen and oxygen atoms in total. The van der Waals surface area contributed by atoms with Crippen molar-refractivity contribution in [2.75, 3.05) is 13.2 Å². The van der Waals surface area contributed by atoms with Crippen molar-refractivity contribution in [3.8, 4) is 0 Å². The van der Waals surface area contributed by atoms with Crippen LogP contribution >= 0.6 is 0 Å². The molecule has 0 aliphatic carbocycles. The zero-order valence-electron chi connectivity index (χ0n) is 8.52. The molecule has 1 aliphatic rings. The number of benzene rings is 1. The Bertz CT molecular complexity index is 417. The van der Waals surface area contributed by atoms with Gasteiger partial charge in [-0.3, -0.25) is 4.79 Å². The first kappa shape index (κ1) is 11.0. The number of carbonyl (C=O) groups is 1. The number of hydrogen-bond acceptors (Lipinski definition) is 3. The van der Waals surface area contributed by atoms with E-state index in [1.165, 1.54) is 18.2 Å². The van der Waals surface area contributed by atoms with Crippen LogP contribution in [0.25, 0.3) is 0 Å². The standard InChI is InChI=1S/C11H12FNO3/c12-8-3-1-2-7(4-8)9(13)11(10(14)15)5-16-6-11/h1-4,9H,5-6,13H2,(H,14,15). The van der Waals surface area contributed by atoms with Crippen molar-refractivity contribution < 1.29 is 19.0 Å². The number of nitrogens with two attached hydrogens (primary N) is 1. The molecule has 0 amide bonds. The molecule has 1 fully saturated rings. The molecule has 1 aliphatic heterocycles. The highest BCUT2D eigenvalue weighted by molar-refractivity contribution is 5.77. The number of rotatable bonds is 3. The molecule has 1 atom stereocenters. The summed E-state index contributed by atoms with van der Waals surface area (Å²) in [4.78, 5) is 11.1. The summed E-state index contributed by atoms with van der Waals surface area (Å²) in [7, 11) is 0. The summed E-state index contributed by atoms with van der Waals surface area (Å²) in [5, 5.41) is 9.13. The van der Waals surface area contributed by atoms with Gasteiger partial charge in [0.2, 0.25) is 0 Å². The zero-order chi connectivity index (χ0) is 11.8. The second-order valence-electron chi connectivity index (χ2n) is 3.99. The summed E-state index contributed by atoms with van der Waals surface area (Å²) < 4.78 is 17.9. The minimum absolute atomic E-state index is 0.0695. The van der Waals surface area contributed by atoms with E-state index in [0.717, 1.165) is 0 Å². The van der Waals surface area contributed by atoms with Crippen LogP contribution in [-0.2, 0) is 9.53 Å². The Morgan fingerprint density at radius 2 is 2.25 bits per heavy atom. The first-order valence-corrected chi connectivity index (χ1v) is 4.88. The van der Waals surface area contributed by atoms with Gasteiger partial charge >= 0.3 is 5.97 Å². The molecule has 5 heteroatoms. The van der Waals surface area contributed by atoms with Crippen molar-refractivity contribution in [1.29, 1.82) is 0 Å². The lowest BCUT2D eigenvalue weighted by Crippen LogP contribution is -2.55. The highest BCUT2D eigenvalue weighted by Gasteiger charge is 2.51. The fraction of sp³-hybridized carbons (Fsp3) is 0.364. The maximum atomic E-state index is 13.0. The van der Waals surface area contributed by atoms with Crippen molar-refractivity contribution in [2.24, 2.45) is 11.1 Å². The third-order valence-corrected chi connectivity index (χ3v) is 2.95. The lowest BCUT2D eigenvalue weighted by atomic mass is 9.75. The SMILES string of the molecule is NC(c1cccc(F)c1)C1(C(=O)O)COC1. The second kappa shape index (κ2) is 3.84. The number of carboxylic acid groups (broad SMARTS) is 1. The maximum absolute atomic E-state index is 13.0. The molecule has 16 heavy (non-hydrogen) atoms. The van der Waals surface area contributed by atoms with Crippen LogP contribution in [0.1, 0.15) is 11.6 Å². The maximum Gasteiger partial charge on any atom is 0.316 e. The monoisotopic (exact) mass is 225 g/mol. The number of aliphatic carboxylic acids is 1. The molecule has 86 valence electrons. The topological polar surface area (TPSA) is 72.6 Å². The second-order valence-corrected chi connectivity index (χ2v) is 3.99. The Balaban J connectivity index is 2.30. The van der Waals surface area contributed by atoms with Crippen LogP contribution in [0.2, 0.25) is 0 Å². The minimum Gasteiger partial charge on any atom is -0.481 e. The lowest BCUT2D eigenvalue weighted by Gasteiger charge is -2.41. The van der Waals surface area contributed by atoms with Crippen LogP contribution < -0.4 is 5.73 Å². The van der Waals surface area contributed by atoms with Gasteiger partial charge in [-0.2, -0.15) is 0 Å². The van der Waals surface area contributed by atoms with Crippen molar-refractivity contribution >= 4 is 5.97 Å². The summed E-state index contributed by atoms with van der Waals surface area (Å²) in [5.41, 5.74) is 5.24. The van der Waals surface area contributed by atoms with Crippen molar-refractivity contribution in [1.82, 2.24) is 0 Å². The number of hydrogen-bond donors (Lipinski definition) is 2. The Morgan fingerprint density at radius 1 is 1.56 bits per heavy atom. The summed E-state index contributed by atoms with van der Waals surface area (Å²) in [6, 6.07) is 4.93. The van der Waals surface area contributed by atoms with Gasteiger partial charge in [-0.05, 0) is 17.7 Å². The average Bonchev–Trinajstić information content (AvgIpc) is 2.15. The Morgan fingerprint density at radius 3 is 2.69 bits per heavy atom. The average molecular weight is 225 g/mol. The Labute approximate surface area is 91.8 Å². The number of halogens is 1. The van der Waals surface area contributed by atoms with Gasteiger partial charge in [0, 0.05) is 0 Å². The molecule has 1 aromatic rings. The number of ether oxygens (including phenoxy) is 1. The van der Waals surface area contributed by atoms with E-state index in [4.69, 9.17) is 15.6 Å². The van der Waals surface area contributed by atoms with E-state index in [9.17, 15) is 9.18 Å². The van der Waals surface area contributed by atoms with Crippen LogP contribution in [0.3, 0.4) is 0 Å². The molecule has 0 aromatic heterocycles. The van der Waals surface area contributed by atoms with Gasteiger partial charge in [-0.1, -0.05) is 12.1 Å². The van der Waals surface area contributed by atoms with Crippen LogP contribution in [0, 0.1) is 11.2 Å². The lowest BCUT2D eigenvalue weighted by molar-refractivity contribution is -0.184. The van der Waals surface area contributed by atoms with Gasteiger partial charge in [-0.25, -0.2) is 4.39 Å². The Hall–Kier alpha value is -1.46. The Kier molecular flexibility index (Phi) is 2.65. The zero-order valence-corrected chi connectivity index (χ0v) is 8.52. The fourth-order valence-electron chi connectivity index (χ4n) is 1.78. The highest BCUT2D eigenvalue weighted by atomic mass is 19.1. The van der Waals surface area contributed by atoms with E-state index in [0.29, 0.717) is 5.56 Å². The van der Waals surface area contributed by atoms with Crippen molar-refractivity contribution in [3.05, 3.63) is 35.6 Å². The molecule has 3 N–H and O–H groups in total. The van der Waals surface area contributed by atoms with Gasteiger partial charge in [0.05, 0.1) is 19.3 Å². The van der Waals surface area contributed by atoms with E-state index in [-0.39, 0.29) is 13.2 Å². The highest BCUT2D eigenvalue weighted by Crippen LogP contribution is 2.39. The quantitative estimate of drug-likeness (QED) is 0.802.